The highest BCUT2D eigenvalue weighted by Gasteiger charge is 2.63. The molecule has 0 amide bonds. The predicted octanol–water partition coefficient (Wildman–Crippen LogP) is 2.71. The van der Waals surface area contributed by atoms with Gasteiger partial charge < -0.3 is 4.74 Å². The molecule has 0 radical (unpaired) electrons. The Morgan fingerprint density at radius 2 is 2.00 bits per heavy atom. The average molecular weight is 330 g/mol. The van der Waals surface area contributed by atoms with Gasteiger partial charge in [0.1, 0.15) is 6.10 Å². The lowest BCUT2D eigenvalue weighted by atomic mass is 9.72. The Balaban J connectivity index is 1.79. The van der Waals surface area contributed by atoms with Crippen LogP contribution >= 0.6 is 22.6 Å². The van der Waals surface area contributed by atoms with E-state index in [1.165, 1.54) is 12.8 Å². The zero-order valence-corrected chi connectivity index (χ0v) is 11.2. The first-order valence-corrected chi connectivity index (χ1v) is 7.48. The second kappa shape index (κ2) is 3.03. The van der Waals surface area contributed by atoms with Crippen molar-refractivity contribution in [2.45, 2.75) is 35.7 Å². The molecule has 16 heavy (non-hydrogen) atoms. The van der Waals surface area contributed by atoms with E-state index in [0.29, 0.717) is 21.2 Å². The molecule has 4 bridgehead atoms. The van der Waals surface area contributed by atoms with E-state index < -0.39 is 0 Å². The summed E-state index contributed by atoms with van der Waals surface area (Å²) in [5, 5.41) is 0. The zero-order chi connectivity index (χ0) is 10.9. The van der Waals surface area contributed by atoms with E-state index in [-0.39, 0.29) is 18.0 Å². The van der Waals surface area contributed by atoms with Crippen LogP contribution in [0.3, 0.4) is 0 Å². The number of esters is 1. The normalized spacial score (nSPS) is 51.3. The molecule has 3 fully saturated rings. The fourth-order valence-corrected chi connectivity index (χ4v) is 5.71. The smallest absolute Gasteiger partial charge is 0.309 e. The summed E-state index contributed by atoms with van der Waals surface area (Å²) in [4.78, 5) is 11.9. The van der Waals surface area contributed by atoms with Gasteiger partial charge in [-0.3, -0.25) is 4.79 Å². The monoisotopic (exact) mass is 330 g/mol. The first kappa shape index (κ1) is 9.92. The van der Waals surface area contributed by atoms with Crippen LogP contribution < -0.4 is 0 Å². The molecule has 0 N–H and O–H groups in total. The first-order valence-electron chi connectivity index (χ1n) is 6.23. The van der Waals surface area contributed by atoms with Crippen LogP contribution in [-0.4, -0.2) is 16.0 Å². The largest absolute Gasteiger partial charge is 0.462 e. The van der Waals surface area contributed by atoms with Crippen molar-refractivity contribution >= 4 is 28.6 Å². The third-order valence-electron chi connectivity index (χ3n) is 5.09. The number of hydrogen-bond acceptors (Lipinski definition) is 2. The van der Waals surface area contributed by atoms with Gasteiger partial charge in [-0.15, -0.1) is 0 Å². The van der Waals surface area contributed by atoms with E-state index >= 15 is 0 Å². The zero-order valence-electron chi connectivity index (χ0n) is 9.06. The van der Waals surface area contributed by atoms with Crippen molar-refractivity contribution in [2.75, 3.05) is 0 Å². The Hall–Kier alpha value is -0.0600. The van der Waals surface area contributed by atoms with Crippen molar-refractivity contribution in [3.8, 4) is 0 Å². The molecule has 2 nitrogen and oxygen atoms in total. The number of carbonyl (C=O) groups is 1. The number of hydrogen-bond donors (Lipinski definition) is 0. The predicted molar refractivity (Wildman–Crippen MR) is 68.2 cm³/mol. The molecule has 1 saturated heterocycles. The van der Waals surface area contributed by atoms with Crippen molar-refractivity contribution in [2.24, 2.45) is 23.2 Å². The number of allylic oxidation sites excluding steroid dienone is 2. The highest BCUT2D eigenvalue weighted by atomic mass is 127. The third-order valence-corrected chi connectivity index (χ3v) is 6.38. The van der Waals surface area contributed by atoms with Crippen molar-refractivity contribution in [3.05, 3.63) is 12.2 Å². The lowest BCUT2D eigenvalue weighted by Crippen LogP contribution is -2.33. The van der Waals surface area contributed by atoms with Crippen molar-refractivity contribution < 1.29 is 9.53 Å². The lowest BCUT2D eigenvalue weighted by Gasteiger charge is -2.32. The molecule has 4 rings (SSSR count). The van der Waals surface area contributed by atoms with E-state index in [2.05, 4.69) is 34.7 Å². The summed E-state index contributed by atoms with van der Waals surface area (Å²) in [6, 6.07) is 0. The van der Waals surface area contributed by atoms with Gasteiger partial charge in [0.15, 0.2) is 0 Å². The molecule has 86 valence electrons. The molecule has 3 heteroatoms. The Morgan fingerprint density at radius 1 is 1.25 bits per heavy atom. The van der Waals surface area contributed by atoms with Gasteiger partial charge in [0.05, 0.1) is 5.92 Å². The fraction of sp³-hybridized carbons (Fsp3) is 0.769. The molecule has 5 atom stereocenters. The van der Waals surface area contributed by atoms with Crippen LogP contribution in [0.15, 0.2) is 12.2 Å². The summed E-state index contributed by atoms with van der Waals surface area (Å²) in [6.07, 6.45) is 9.63. The summed E-state index contributed by atoms with van der Waals surface area (Å²) in [7, 11) is 0. The Labute approximate surface area is 109 Å². The van der Waals surface area contributed by atoms with Gasteiger partial charge in [-0.25, -0.2) is 0 Å². The Bertz CT molecular complexity index is 385. The maximum Gasteiger partial charge on any atom is 0.309 e. The number of fused-ring (bicyclic) bond motifs is 3. The second-order valence-electron chi connectivity index (χ2n) is 5.82. The molecular weight excluding hydrogens is 315 g/mol. The molecule has 2 unspecified atom stereocenters. The SMILES string of the molecule is O=C1O[C@@H]2C[C@H]1C1C=CC([C@@H](I)C2)C12CC2. The summed E-state index contributed by atoms with van der Waals surface area (Å²) in [5.41, 5.74) is 0.463. The van der Waals surface area contributed by atoms with Gasteiger partial charge in [0.2, 0.25) is 0 Å². The van der Waals surface area contributed by atoms with Crippen LogP contribution in [0.4, 0.5) is 0 Å². The topological polar surface area (TPSA) is 26.3 Å². The molecule has 4 aliphatic rings. The van der Waals surface area contributed by atoms with Gasteiger partial charge >= 0.3 is 5.97 Å². The van der Waals surface area contributed by atoms with Gasteiger partial charge in [-0.1, -0.05) is 34.7 Å². The number of halogens is 1. The number of ether oxygens (including phenoxy) is 1. The minimum Gasteiger partial charge on any atom is -0.462 e. The van der Waals surface area contributed by atoms with Gasteiger partial charge in [0.25, 0.3) is 0 Å². The van der Waals surface area contributed by atoms with Crippen LogP contribution in [0.5, 0.6) is 0 Å². The summed E-state index contributed by atoms with van der Waals surface area (Å²) in [5.74, 6) is 1.46. The maximum absolute atomic E-state index is 11.9. The molecule has 2 saturated carbocycles. The van der Waals surface area contributed by atoms with Crippen molar-refractivity contribution in [1.82, 2.24) is 0 Å². The third kappa shape index (κ3) is 1.11. The van der Waals surface area contributed by atoms with E-state index in [9.17, 15) is 4.79 Å². The van der Waals surface area contributed by atoms with Gasteiger partial charge in [0, 0.05) is 3.92 Å². The first-order chi connectivity index (χ1) is 7.71. The maximum atomic E-state index is 11.9. The number of rotatable bonds is 0. The molecule has 1 aliphatic heterocycles. The standard InChI is InChI=1S/C13H15IO2/c14-11-6-7-5-8(12(15)16-7)9-1-2-10(11)13(9)3-4-13/h1-2,7-11H,3-6H2/t7-,8+,9?,10?,11+/m1/s1. The molecule has 0 aromatic carbocycles. The molecule has 0 aromatic rings. The summed E-state index contributed by atoms with van der Waals surface area (Å²) >= 11 is 2.57. The minimum atomic E-state index is 0.0806. The second-order valence-corrected chi connectivity index (χ2v) is 7.42. The van der Waals surface area contributed by atoms with E-state index in [4.69, 9.17) is 4.74 Å². The average Bonchev–Trinajstić information content (AvgIpc) is 2.77. The summed E-state index contributed by atoms with van der Waals surface area (Å²) in [6.45, 7) is 0. The van der Waals surface area contributed by atoms with Crippen LogP contribution in [0, 0.1) is 23.2 Å². The van der Waals surface area contributed by atoms with Crippen LogP contribution in [-0.2, 0) is 9.53 Å². The molecular formula is C13H15IO2. The van der Waals surface area contributed by atoms with E-state index in [0.717, 1.165) is 12.8 Å². The summed E-state index contributed by atoms with van der Waals surface area (Å²) < 4.78 is 6.16. The molecule has 1 spiro atoms. The van der Waals surface area contributed by atoms with Crippen LogP contribution in [0.25, 0.3) is 0 Å². The highest BCUT2D eigenvalue weighted by molar-refractivity contribution is 14.1. The number of carbonyl (C=O) groups excluding carboxylic acids is 1. The number of alkyl halides is 1. The van der Waals surface area contributed by atoms with Crippen molar-refractivity contribution in [3.63, 3.8) is 0 Å². The lowest BCUT2D eigenvalue weighted by molar-refractivity contribution is -0.145. The molecule has 0 aromatic heterocycles. The van der Waals surface area contributed by atoms with E-state index in [1.54, 1.807) is 0 Å². The van der Waals surface area contributed by atoms with Crippen molar-refractivity contribution in [1.29, 1.82) is 0 Å². The van der Waals surface area contributed by atoms with Crippen LogP contribution in [0.2, 0.25) is 0 Å². The van der Waals surface area contributed by atoms with Gasteiger partial charge in [-0.2, -0.15) is 0 Å². The molecule has 1 heterocycles. The molecule has 3 aliphatic carbocycles. The fourth-order valence-electron chi connectivity index (χ4n) is 4.19. The quantitative estimate of drug-likeness (QED) is 0.295. The minimum absolute atomic E-state index is 0.0806. The van der Waals surface area contributed by atoms with Crippen LogP contribution in [0.1, 0.15) is 25.7 Å². The Kier molecular flexibility index (Phi) is 1.88. The van der Waals surface area contributed by atoms with Gasteiger partial charge in [-0.05, 0) is 42.9 Å². The Morgan fingerprint density at radius 3 is 2.75 bits per heavy atom. The highest BCUT2D eigenvalue weighted by Crippen LogP contribution is 2.67. The van der Waals surface area contributed by atoms with E-state index in [1.807, 2.05) is 0 Å².